The van der Waals surface area contributed by atoms with Crippen molar-refractivity contribution in [2.45, 2.75) is 25.2 Å². The topological polar surface area (TPSA) is 95.2 Å². The van der Waals surface area contributed by atoms with Crippen LogP contribution >= 0.6 is 11.6 Å². The summed E-state index contributed by atoms with van der Waals surface area (Å²) < 4.78 is 0. The zero-order valence-electron chi connectivity index (χ0n) is 13.0. The minimum absolute atomic E-state index is 0.0713. The monoisotopic (exact) mass is 334 g/mol. The standard InChI is InChI=1S/C19H15ClN4/c20-13-7-5-12(6-8-13)17-15-4-2-1-3-14(15)16(9-21)18(24)19(17,10-22)11-23/h3,5-8,15-17,24H,1-2,4H2/t15-,16-,17+/m0/s1. The molecule has 2 aliphatic carbocycles. The van der Waals surface area contributed by atoms with Crippen LogP contribution < -0.4 is 0 Å². The van der Waals surface area contributed by atoms with Crippen LogP contribution in [0.4, 0.5) is 0 Å². The molecule has 3 atom stereocenters. The molecule has 1 fully saturated rings. The number of nitriles is 3. The molecule has 0 amide bonds. The van der Waals surface area contributed by atoms with Gasteiger partial charge in [-0.1, -0.05) is 29.8 Å². The second kappa shape index (κ2) is 6.12. The Bertz CT molecular complexity index is 818. The summed E-state index contributed by atoms with van der Waals surface area (Å²) in [6.45, 7) is 0. The van der Waals surface area contributed by atoms with Gasteiger partial charge in [0.15, 0.2) is 5.41 Å². The number of halogens is 1. The summed E-state index contributed by atoms with van der Waals surface area (Å²) in [5, 5.41) is 38.3. The summed E-state index contributed by atoms with van der Waals surface area (Å²) in [4.78, 5) is 0. The van der Waals surface area contributed by atoms with Crippen molar-refractivity contribution in [1.82, 2.24) is 0 Å². The molecule has 0 bridgehead atoms. The first kappa shape index (κ1) is 16.3. The minimum atomic E-state index is -1.62. The number of benzene rings is 1. The smallest absolute Gasteiger partial charge is 0.189 e. The average molecular weight is 335 g/mol. The third-order valence-corrected chi connectivity index (χ3v) is 5.41. The predicted octanol–water partition coefficient (Wildman–Crippen LogP) is 4.36. The summed E-state index contributed by atoms with van der Waals surface area (Å²) in [7, 11) is 0. The Morgan fingerprint density at radius 3 is 2.38 bits per heavy atom. The molecule has 4 nitrogen and oxygen atoms in total. The molecule has 5 heteroatoms. The third kappa shape index (κ3) is 2.22. The molecular weight excluding hydrogens is 320 g/mol. The van der Waals surface area contributed by atoms with Crippen molar-refractivity contribution >= 4 is 17.3 Å². The normalized spacial score (nSPS) is 27.8. The number of rotatable bonds is 1. The van der Waals surface area contributed by atoms with Gasteiger partial charge in [-0.25, -0.2) is 0 Å². The Labute approximate surface area is 146 Å². The Kier molecular flexibility index (Phi) is 4.15. The fraction of sp³-hybridized carbons (Fsp3) is 0.368. The van der Waals surface area contributed by atoms with Gasteiger partial charge in [-0.3, -0.25) is 0 Å². The molecule has 1 saturated carbocycles. The molecule has 0 radical (unpaired) electrons. The van der Waals surface area contributed by atoms with E-state index >= 15 is 0 Å². The summed E-state index contributed by atoms with van der Waals surface area (Å²) >= 11 is 5.97. The molecule has 2 aliphatic rings. The Morgan fingerprint density at radius 2 is 1.79 bits per heavy atom. The zero-order chi connectivity index (χ0) is 17.3. The van der Waals surface area contributed by atoms with Crippen molar-refractivity contribution in [2.75, 3.05) is 0 Å². The van der Waals surface area contributed by atoms with E-state index in [1.165, 1.54) is 0 Å². The van der Waals surface area contributed by atoms with Crippen LogP contribution in [0, 0.1) is 56.7 Å². The Morgan fingerprint density at radius 1 is 1.12 bits per heavy atom. The molecule has 0 aliphatic heterocycles. The first-order valence-corrected chi connectivity index (χ1v) is 8.23. The average Bonchev–Trinajstić information content (AvgIpc) is 2.62. The van der Waals surface area contributed by atoms with Crippen molar-refractivity contribution < 1.29 is 0 Å². The summed E-state index contributed by atoms with van der Waals surface area (Å²) in [5.74, 6) is -1.30. The highest BCUT2D eigenvalue weighted by Crippen LogP contribution is 2.55. The van der Waals surface area contributed by atoms with Gasteiger partial charge < -0.3 is 5.41 Å². The maximum absolute atomic E-state index is 9.83. The number of allylic oxidation sites excluding steroid dienone is 2. The summed E-state index contributed by atoms with van der Waals surface area (Å²) in [6.07, 6.45) is 4.67. The van der Waals surface area contributed by atoms with E-state index in [4.69, 9.17) is 17.0 Å². The number of nitrogens with one attached hydrogen (secondary N) is 1. The van der Waals surface area contributed by atoms with Crippen LogP contribution in [0.5, 0.6) is 0 Å². The van der Waals surface area contributed by atoms with Crippen molar-refractivity contribution in [2.24, 2.45) is 17.3 Å². The van der Waals surface area contributed by atoms with Crippen LogP contribution in [0.15, 0.2) is 35.9 Å². The number of hydrogen-bond donors (Lipinski definition) is 1. The van der Waals surface area contributed by atoms with E-state index in [0.29, 0.717) is 5.02 Å². The van der Waals surface area contributed by atoms with Gasteiger partial charge in [-0.15, -0.1) is 0 Å². The highest BCUT2D eigenvalue weighted by atomic mass is 35.5. The van der Waals surface area contributed by atoms with Crippen LogP contribution in [-0.4, -0.2) is 5.71 Å². The maximum Gasteiger partial charge on any atom is 0.189 e. The van der Waals surface area contributed by atoms with E-state index in [-0.39, 0.29) is 11.6 Å². The maximum atomic E-state index is 9.83. The SMILES string of the molecule is N#C[C@@H]1C(=N)C(C#N)(C#N)[C@H](c2ccc(Cl)cc2)[C@H]2CCCC=C12. The fourth-order valence-electron chi connectivity index (χ4n) is 4.06. The van der Waals surface area contributed by atoms with Gasteiger partial charge in [0.25, 0.3) is 0 Å². The molecule has 3 rings (SSSR count). The lowest BCUT2D eigenvalue weighted by atomic mass is 9.53. The Hall–Kier alpha value is -2.61. The van der Waals surface area contributed by atoms with Gasteiger partial charge in [0, 0.05) is 10.9 Å². The molecule has 0 spiro atoms. The van der Waals surface area contributed by atoms with Gasteiger partial charge in [-0.05, 0) is 48.4 Å². The van der Waals surface area contributed by atoms with Crippen LogP contribution in [0.3, 0.4) is 0 Å². The van der Waals surface area contributed by atoms with Crippen LogP contribution in [0.1, 0.15) is 30.7 Å². The molecule has 24 heavy (non-hydrogen) atoms. The lowest BCUT2D eigenvalue weighted by Gasteiger charge is -2.45. The van der Waals surface area contributed by atoms with Gasteiger partial charge in [0.05, 0.1) is 23.9 Å². The summed E-state index contributed by atoms with van der Waals surface area (Å²) in [6, 6.07) is 13.4. The second-order valence-electron chi connectivity index (χ2n) is 6.28. The van der Waals surface area contributed by atoms with Crippen molar-refractivity contribution in [3.63, 3.8) is 0 Å². The largest absolute Gasteiger partial charge is 0.305 e. The number of fused-ring (bicyclic) bond motifs is 1. The molecule has 0 aromatic heterocycles. The van der Waals surface area contributed by atoms with Gasteiger partial charge in [0.2, 0.25) is 0 Å². The highest BCUT2D eigenvalue weighted by Gasteiger charge is 2.57. The van der Waals surface area contributed by atoms with E-state index in [2.05, 4.69) is 18.2 Å². The van der Waals surface area contributed by atoms with Gasteiger partial charge >= 0.3 is 0 Å². The molecule has 1 aromatic rings. The van der Waals surface area contributed by atoms with Crippen molar-refractivity contribution in [3.8, 4) is 18.2 Å². The minimum Gasteiger partial charge on any atom is -0.305 e. The Balaban J connectivity index is 2.24. The first-order chi connectivity index (χ1) is 11.6. The quantitative estimate of drug-likeness (QED) is 0.773. The summed E-state index contributed by atoms with van der Waals surface area (Å²) in [5.41, 5.74) is 0.00345. The molecule has 0 saturated heterocycles. The van der Waals surface area contributed by atoms with Crippen LogP contribution in [0.2, 0.25) is 5.02 Å². The lowest BCUT2D eigenvalue weighted by molar-refractivity contribution is 0.320. The molecular formula is C19H15ClN4. The van der Waals surface area contributed by atoms with Crippen LogP contribution in [-0.2, 0) is 0 Å². The number of hydrogen-bond acceptors (Lipinski definition) is 4. The van der Waals surface area contributed by atoms with E-state index in [1.807, 2.05) is 18.2 Å². The predicted molar refractivity (Wildman–Crippen MR) is 90.1 cm³/mol. The molecule has 1 N–H and O–H groups in total. The van der Waals surface area contributed by atoms with Gasteiger partial charge in [0.1, 0.15) is 5.92 Å². The van der Waals surface area contributed by atoms with Crippen molar-refractivity contribution in [1.29, 1.82) is 21.2 Å². The van der Waals surface area contributed by atoms with Gasteiger partial charge in [-0.2, -0.15) is 15.8 Å². The number of nitrogens with zero attached hydrogens (tertiary/aromatic N) is 3. The van der Waals surface area contributed by atoms with E-state index in [0.717, 1.165) is 30.4 Å². The molecule has 0 heterocycles. The highest BCUT2D eigenvalue weighted by molar-refractivity contribution is 6.30. The molecule has 0 unspecified atom stereocenters. The zero-order valence-corrected chi connectivity index (χ0v) is 13.7. The fourth-order valence-corrected chi connectivity index (χ4v) is 4.18. The van der Waals surface area contributed by atoms with Crippen molar-refractivity contribution in [3.05, 3.63) is 46.5 Å². The second-order valence-corrected chi connectivity index (χ2v) is 6.71. The molecule has 1 aromatic carbocycles. The van der Waals surface area contributed by atoms with E-state index < -0.39 is 17.3 Å². The van der Waals surface area contributed by atoms with Crippen LogP contribution in [0.25, 0.3) is 0 Å². The third-order valence-electron chi connectivity index (χ3n) is 5.15. The van der Waals surface area contributed by atoms with E-state index in [9.17, 15) is 15.8 Å². The first-order valence-electron chi connectivity index (χ1n) is 7.85. The lowest BCUT2D eigenvalue weighted by Crippen LogP contribution is -2.48. The van der Waals surface area contributed by atoms with E-state index in [1.54, 1.807) is 12.1 Å². The molecule has 118 valence electrons.